The number of esters is 4. The summed E-state index contributed by atoms with van der Waals surface area (Å²) in [6.45, 7) is 18.0. The van der Waals surface area contributed by atoms with Crippen molar-refractivity contribution in [2.45, 2.75) is 46.1 Å². The fraction of sp³-hybridized carbons (Fsp3) is 0.333. The molecule has 0 saturated carbocycles. The third kappa shape index (κ3) is 13.5. The van der Waals surface area contributed by atoms with Gasteiger partial charge < -0.3 is 19.3 Å². The fourth-order valence-electron chi connectivity index (χ4n) is 2.07. The maximum absolute atomic E-state index is 12.0. The van der Waals surface area contributed by atoms with E-state index in [1.54, 1.807) is 6.92 Å². The van der Waals surface area contributed by atoms with Crippen molar-refractivity contribution in [1.82, 2.24) is 0 Å². The highest BCUT2D eigenvalue weighted by molar-refractivity contribution is 6.00. The highest BCUT2D eigenvalue weighted by atomic mass is 16.6. The Labute approximate surface area is 206 Å². The standard InChI is InChI=1S/C19H24O5.C8H10O3/c1-4-14(2)18(21)23-13-17(12-20)24-19(22)15(3)10-11-16-8-6-5-7-9-16;1-5(2)7(9)11-8(10)6(3)4/h5-9,17,20H,2-4,10-13H2,1H3;1,3H2,2,4H3. The minimum atomic E-state index is -0.917. The van der Waals surface area contributed by atoms with Crippen molar-refractivity contribution in [3.05, 3.63) is 84.5 Å². The number of aliphatic hydroxyl groups excluding tert-OH is 1. The smallest absolute Gasteiger partial charge is 0.340 e. The summed E-state index contributed by atoms with van der Waals surface area (Å²) in [6.07, 6.45) is 0.676. The van der Waals surface area contributed by atoms with Crippen molar-refractivity contribution in [1.29, 1.82) is 0 Å². The van der Waals surface area contributed by atoms with Gasteiger partial charge in [-0.3, -0.25) is 0 Å². The summed E-state index contributed by atoms with van der Waals surface area (Å²) in [5.41, 5.74) is 2.11. The van der Waals surface area contributed by atoms with Crippen LogP contribution < -0.4 is 0 Å². The molecule has 35 heavy (non-hydrogen) atoms. The van der Waals surface area contributed by atoms with Gasteiger partial charge in [0.25, 0.3) is 0 Å². The normalized spacial score (nSPS) is 10.5. The van der Waals surface area contributed by atoms with Crippen LogP contribution in [0.5, 0.6) is 0 Å². The molecule has 0 heterocycles. The van der Waals surface area contributed by atoms with Crippen LogP contribution in [0.2, 0.25) is 0 Å². The average Bonchev–Trinajstić information content (AvgIpc) is 2.84. The number of rotatable bonds is 12. The zero-order valence-corrected chi connectivity index (χ0v) is 20.6. The van der Waals surface area contributed by atoms with Gasteiger partial charge in [0.1, 0.15) is 6.61 Å². The van der Waals surface area contributed by atoms with E-state index in [-0.39, 0.29) is 17.8 Å². The second kappa shape index (κ2) is 16.8. The summed E-state index contributed by atoms with van der Waals surface area (Å²) in [6, 6.07) is 9.71. The molecule has 0 radical (unpaired) electrons. The van der Waals surface area contributed by atoms with Gasteiger partial charge in [-0.1, -0.05) is 63.6 Å². The van der Waals surface area contributed by atoms with Crippen molar-refractivity contribution < 1.29 is 38.5 Å². The van der Waals surface area contributed by atoms with Crippen molar-refractivity contribution in [3.8, 4) is 0 Å². The second-order valence-corrected chi connectivity index (χ2v) is 7.59. The van der Waals surface area contributed by atoms with Gasteiger partial charge in [-0.2, -0.15) is 0 Å². The van der Waals surface area contributed by atoms with E-state index in [2.05, 4.69) is 31.1 Å². The van der Waals surface area contributed by atoms with Crippen molar-refractivity contribution >= 4 is 23.9 Å². The molecule has 0 fully saturated rings. The van der Waals surface area contributed by atoms with E-state index in [9.17, 15) is 24.3 Å². The van der Waals surface area contributed by atoms with Crippen molar-refractivity contribution in [2.24, 2.45) is 0 Å². The van der Waals surface area contributed by atoms with Crippen LogP contribution in [0.1, 0.15) is 39.2 Å². The summed E-state index contributed by atoms with van der Waals surface area (Å²) in [5, 5.41) is 9.25. The lowest BCUT2D eigenvalue weighted by Crippen LogP contribution is -2.29. The van der Waals surface area contributed by atoms with E-state index < -0.39 is 36.6 Å². The van der Waals surface area contributed by atoms with Crippen LogP contribution in [0.15, 0.2) is 78.9 Å². The highest BCUT2D eigenvalue weighted by Crippen LogP contribution is 2.11. The molecular weight excluding hydrogens is 452 g/mol. The zero-order valence-electron chi connectivity index (χ0n) is 20.6. The lowest BCUT2D eigenvalue weighted by atomic mass is 10.1. The second-order valence-electron chi connectivity index (χ2n) is 7.59. The number of hydrogen-bond acceptors (Lipinski definition) is 8. The SMILES string of the molecule is C=C(C)C(=O)OC(=O)C(=C)C.C=C(CC)C(=O)OCC(CO)OC(=O)C(=C)CCc1ccccc1. The third-order valence-electron chi connectivity index (χ3n) is 4.32. The van der Waals surface area contributed by atoms with E-state index in [1.807, 2.05) is 30.3 Å². The summed E-state index contributed by atoms with van der Waals surface area (Å²) in [5.74, 6) is -2.58. The molecule has 8 nitrogen and oxygen atoms in total. The number of ether oxygens (including phenoxy) is 3. The summed E-state index contributed by atoms with van der Waals surface area (Å²) < 4.78 is 14.4. The Balaban J connectivity index is 0.000000883. The summed E-state index contributed by atoms with van der Waals surface area (Å²) in [4.78, 5) is 44.8. The minimum Gasteiger partial charge on any atom is -0.458 e. The molecular formula is C27H34O8. The van der Waals surface area contributed by atoms with Crippen molar-refractivity contribution in [3.63, 3.8) is 0 Å². The van der Waals surface area contributed by atoms with Crippen LogP contribution >= 0.6 is 0 Å². The molecule has 1 atom stereocenters. The van der Waals surface area contributed by atoms with E-state index >= 15 is 0 Å². The Morgan fingerprint density at radius 3 is 1.86 bits per heavy atom. The Bertz CT molecular complexity index is 919. The molecule has 0 aliphatic rings. The number of carbonyl (C=O) groups is 4. The average molecular weight is 487 g/mol. The first-order chi connectivity index (χ1) is 16.4. The Hall–Kier alpha value is -3.78. The number of hydrogen-bond donors (Lipinski definition) is 1. The first kappa shape index (κ1) is 31.2. The van der Waals surface area contributed by atoms with Crippen LogP contribution in [0, 0.1) is 0 Å². The molecule has 1 rings (SSSR count). The maximum atomic E-state index is 12.0. The molecule has 0 bridgehead atoms. The predicted molar refractivity (Wildman–Crippen MR) is 132 cm³/mol. The first-order valence-electron chi connectivity index (χ1n) is 10.9. The number of benzene rings is 1. The maximum Gasteiger partial charge on any atom is 0.340 e. The lowest BCUT2D eigenvalue weighted by Gasteiger charge is -2.16. The topological polar surface area (TPSA) is 116 Å². The Morgan fingerprint density at radius 1 is 0.857 bits per heavy atom. The van der Waals surface area contributed by atoms with Gasteiger partial charge in [0.2, 0.25) is 0 Å². The molecule has 0 spiro atoms. The van der Waals surface area contributed by atoms with E-state index in [0.717, 1.165) is 5.56 Å². The van der Waals surface area contributed by atoms with Crippen molar-refractivity contribution in [2.75, 3.05) is 13.2 Å². The highest BCUT2D eigenvalue weighted by Gasteiger charge is 2.18. The lowest BCUT2D eigenvalue weighted by molar-refractivity contribution is -0.156. The van der Waals surface area contributed by atoms with Gasteiger partial charge in [0, 0.05) is 22.3 Å². The minimum absolute atomic E-state index is 0.194. The van der Waals surface area contributed by atoms with Crippen LogP contribution in [0.3, 0.4) is 0 Å². The molecule has 1 aromatic carbocycles. The summed E-state index contributed by atoms with van der Waals surface area (Å²) in [7, 11) is 0. The monoisotopic (exact) mass is 486 g/mol. The van der Waals surface area contributed by atoms with E-state index in [0.29, 0.717) is 30.4 Å². The molecule has 0 aliphatic carbocycles. The molecule has 0 amide bonds. The zero-order chi connectivity index (χ0) is 27.0. The van der Waals surface area contributed by atoms with Crippen LogP contribution in [-0.4, -0.2) is 48.3 Å². The number of carbonyl (C=O) groups excluding carboxylic acids is 4. The largest absolute Gasteiger partial charge is 0.458 e. The Morgan fingerprint density at radius 2 is 1.40 bits per heavy atom. The molecule has 190 valence electrons. The third-order valence-corrected chi connectivity index (χ3v) is 4.32. The first-order valence-corrected chi connectivity index (χ1v) is 10.9. The van der Waals surface area contributed by atoms with Crippen LogP contribution in [0.4, 0.5) is 0 Å². The van der Waals surface area contributed by atoms with Gasteiger partial charge in [0.15, 0.2) is 6.10 Å². The van der Waals surface area contributed by atoms with Gasteiger partial charge in [-0.05, 0) is 38.7 Å². The molecule has 0 aromatic heterocycles. The van der Waals surface area contributed by atoms with Gasteiger partial charge in [0.05, 0.1) is 6.61 Å². The molecule has 0 aliphatic heterocycles. The fourth-order valence-corrected chi connectivity index (χ4v) is 2.07. The quantitative estimate of drug-likeness (QED) is 0.205. The summed E-state index contributed by atoms with van der Waals surface area (Å²) >= 11 is 0. The van der Waals surface area contributed by atoms with Crippen LogP contribution in [-0.2, 0) is 39.8 Å². The Kier molecular flexibility index (Phi) is 15.0. The van der Waals surface area contributed by atoms with Gasteiger partial charge in [-0.15, -0.1) is 0 Å². The van der Waals surface area contributed by atoms with Crippen LogP contribution in [0.25, 0.3) is 0 Å². The van der Waals surface area contributed by atoms with Gasteiger partial charge >= 0.3 is 23.9 Å². The van der Waals surface area contributed by atoms with E-state index in [1.165, 1.54) is 13.8 Å². The van der Waals surface area contributed by atoms with Gasteiger partial charge in [-0.25, -0.2) is 19.2 Å². The molecule has 0 saturated heterocycles. The molecule has 1 aromatic rings. The number of aryl methyl sites for hydroxylation is 1. The number of aliphatic hydroxyl groups is 1. The molecule has 1 N–H and O–H groups in total. The predicted octanol–water partition coefficient (Wildman–Crippen LogP) is 3.80. The van der Waals surface area contributed by atoms with E-state index in [4.69, 9.17) is 9.47 Å². The molecule has 1 unspecified atom stereocenters. The molecule has 8 heteroatoms.